The van der Waals surface area contributed by atoms with Crippen molar-refractivity contribution in [3.8, 4) is 28.2 Å². The molecular weight excluding hydrogens is 609 g/mol. The summed E-state index contributed by atoms with van der Waals surface area (Å²) in [5.41, 5.74) is 13.5. The molecule has 4 heterocycles. The quantitative estimate of drug-likeness (QED) is 0.180. The molecule has 13 rings (SSSR count). The molecule has 0 amide bonds. The lowest BCUT2D eigenvalue weighted by Crippen LogP contribution is -1.96. The fourth-order valence-electron chi connectivity index (χ4n) is 9.30. The third-order valence-corrected chi connectivity index (χ3v) is 11.3. The summed E-state index contributed by atoms with van der Waals surface area (Å²) in [5.74, 6) is 0. The minimum atomic E-state index is 0.923. The highest BCUT2D eigenvalue weighted by Crippen LogP contribution is 2.50. The molecule has 1 aliphatic rings. The molecule has 1 aliphatic carbocycles. The number of hydrogen-bond acceptors (Lipinski definition) is 2. The van der Waals surface area contributed by atoms with Crippen LogP contribution in [0.1, 0.15) is 0 Å². The van der Waals surface area contributed by atoms with Gasteiger partial charge in [0.15, 0.2) is 0 Å². The van der Waals surface area contributed by atoms with Crippen LogP contribution in [0.15, 0.2) is 146 Å². The maximum Gasteiger partial charge on any atom is 0.0979 e. The Balaban J connectivity index is 1.25. The van der Waals surface area contributed by atoms with E-state index in [1.165, 1.54) is 87.1 Å². The van der Waals surface area contributed by atoms with Crippen LogP contribution in [0.5, 0.6) is 0 Å². The molecule has 0 saturated carbocycles. The zero-order valence-electron chi connectivity index (χ0n) is 26.6. The lowest BCUT2D eigenvalue weighted by Gasteiger charge is -2.14. The second-order valence-electron chi connectivity index (χ2n) is 13.7. The summed E-state index contributed by atoms with van der Waals surface area (Å²) < 4.78 is 5.05. The number of aromatic nitrogens is 4. The molecule has 0 N–H and O–H groups in total. The van der Waals surface area contributed by atoms with Gasteiger partial charge in [0.2, 0.25) is 0 Å². The molecule has 50 heavy (non-hydrogen) atoms. The molecule has 0 spiro atoms. The van der Waals surface area contributed by atoms with Gasteiger partial charge in [0, 0.05) is 54.2 Å². The van der Waals surface area contributed by atoms with E-state index in [2.05, 4.69) is 142 Å². The van der Waals surface area contributed by atoms with Gasteiger partial charge in [-0.3, -0.25) is 0 Å². The van der Waals surface area contributed by atoms with Crippen LogP contribution < -0.4 is 0 Å². The SMILES string of the molecule is c1ccc2cc3c(cc2c1)c1c2c(cc4c5ccccc5n3c41)c1ccccc1n2-c1ccc2c3c(cccc13)-c1nc3ccccc3nc1-2. The topological polar surface area (TPSA) is 35.1 Å². The summed E-state index contributed by atoms with van der Waals surface area (Å²) in [7, 11) is 0. The normalized spacial score (nSPS) is 12.8. The smallest absolute Gasteiger partial charge is 0.0979 e. The zero-order valence-corrected chi connectivity index (χ0v) is 26.6. The van der Waals surface area contributed by atoms with Crippen LogP contribution in [0.4, 0.5) is 0 Å². The number of para-hydroxylation sites is 4. The Kier molecular flexibility index (Phi) is 4.36. The van der Waals surface area contributed by atoms with E-state index in [-0.39, 0.29) is 0 Å². The molecule has 4 nitrogen and oxygen atoms in total. The molecule has 12 aromatic rings. The van der Waals surface area contributed by atoms with Crippen molar-refractivity contribution >= 4 is 92.5 Å². The van der Waals surface area contributed by atoms with Crippen LogP contribution in [0, 0.1) is 0 Å². The van der Waals surface area contributed by atoms with E-state index in [1.807, 2.05) is 12.1 Å². The number of nitrogens with zero attached hydrogens (tertiary/aromatic N) is 4. The summed E-state index contributed by atoms with van der Waals surface area (Å²) in [6, 6.07) is 53.2. The Morgan fingerprint density at radius 2 is 1.00 bits per heavy atom. The average Bonchev–Trinajstić information content (AvgIpc) is 3.88. The molecule has 0 bridgehead atoms. The molecule has 8 aromatic carbocycles. The van der Waals surface area contributed by atoms with Crippen molar-refractivity contribution in [1.82, 2.24) is 18.9 Å². The average molecular weight is 633 g/mol. The maximum atomic E-state index is 5.15. The van der Waals surface area contributed by atoms with Gasteiger partial charge in [-0.05, 0) is 65.4 Å². The van der Waals surface area contributed by atoms with Crippen LogP contribution in [0.2, 0.25) is 0 Å². The zero-order chi connectivity index (χ0) is 32.2. The van der Waals surface area contributed by atoms with Crippen LogP contribution in [-0.4, -0.2) is 18.9 Å². The monoisotopic (exact) mass is 632 g/mol. The van der Waals surface area contributed by atoms with Gasteiger partial charge in [0.05, 0.1) is 55.7 Å². The highest BCUT2D eigenvalue weighted by Gasteiger charge is 2.29. The van der Waals surface area contributed by atoms with Crippen molar-refractivity contribution in [2.24, 2.45) is 0 Å². The molecule has 0 atom stereocenters. The molecule has 0 aliphatic heterocycles. The number of hydrogen-bond donors (Lipinski definition) is 0. The third-order valence-electron chi connectivity index (χ3n) is 11.3. The first-order valence-electron chi connectivity index (χ1n) is 17.2. The summed E-state index contributed by atoms with van der Waals surface area (Å²) in [6.45, 7) is 0. The summed E-state index contributed by atoms with van der Waals surface area (Å²) in [5, 5.41) is 12.6. The Bertz CT molecular complexity index is 3440. The lowest BCUT2D eigenvalue weighted by molar-refractivity contribution is 1.21. The standard InChI is InChI=1S/C46H24N4/c1-2-11-26-23-40-34(22-25(26)10-1)42-45-32(24-33-28-13-4-8-19-38(28)50(40)46(33)42)27-12-3-7-18-37(27)49(45)39-21-20-31-41-29(39)14-9-15-30(41)43-44(31)48-36-17-6-5-16-35(36)47-43/h1-24H. The fourth-order valence-corrected chi connectivity index (χ4v) is 9.30. The van der Waals surface area contributed by atoms with Crippen LogP contribution in [-0.2, 0) is 0 Å². The largest absolute Gasteiger partial charge is 0.308 e. The summed E-state index contributed by atoms with van der Waals surface area (Å²) in [4.78, 5) is 10.3. The fraction of sp³-hybridized carbons (Fsp3) is 0. The molecule has 0 saturated heterocycles. The molecule has 4 heteroatoms. The molecule has 0 unspecified atom stereocenters. The van der Waals surface area contributed by atoms with E-state index >= 15 is 0 Å². The van der Waals surface area contributed by atoms with Crippen molar-refractivity contribution in [1.29, 1.82) is 0 Å². The van der Waals surface area contributed by atoms with Crippen molar-refractivity contribution in [2.75, 3.05) is 0 Å². The first kappa shape index (κ1) is 25.3. The van der Waals surface area contributed by atoms with Crippen molar-refractivity contribution in [3.05, 3.63) is 146 Å². The molecule has 4 aromatic heterocycles. The maximum absolute atomic E-state index is 5.15. The van der Waals surface area contributed by atoms with E-state index in [4.69, 9.17) is 9.97 Å². The van der Waals surface area contributed by atoms with Crippen molar-refractivity contribution in [3.63, 3.8) is 0 Å². The minimum Gasteiger partial charge on any atom is -0.308 e. The van der Waals surface area contributed by atoms with E-state index in [1.54, 1.807) is 0 Å². The number of benzene rings is 8. The van der Waals surface area contributed by atoms with Gasteiger partial charge in [0.25, 0.3) is 0 Å². The Morgan fingerprint density at radius 3 is 1.80 bits per heavy atom. The van der Waals surface area contributed by atoms with E-state index in [9.17, 15) is 0 Å². The highest BCUT2D eigenvalue weighted by atomic mass is 15.0. The van der Waals surface area contributed by atoms with E-state index in [0.717, 1.165) is 33.5 Å². The van der Waals surface area contributed by atoms with Crippen molar-refractivity contribution in [2.45, 2.75) is 0 Å². The number of fused-ring (bicyclic) bond motifs is 15. The highest BCUT2D eigenvalue weighted by molar-refractivity contribution is 6.35. The predicted octanol–water partition coefficient (Wildman–Crippen LogP) is 11.8. The second kappa shape index (κ2) is 8.62. The van der Waals surface area contributed by atoms with Gasteiger partial charge in [-0.25, -0.2) is 9.97 Å². The predicted molar refractivity (Wildman–Crippen MR) is 208 cm³/mol. The van der Waals surface area contributed by atoms with Gasteiger partial charge < -0.3 is 8.97 Å². The Hall–Kier alpha value is -6.78. The second-order valence-corrected chi connectivity index (χ2v) is 13.7. The van der Waals surface area contributed by atoms with Gasteiger partial charge in [-0.2, -0.15) is 0 Å². The number of rotatable bonds is 1. The van der Waals surface area contributed by atoms with Crippen LogP contribution in [0.3, 0.4) is 0 Å². The first-order valence-corrected chi connectivity index (χ1v) is 17.2. The third kappa shape index (κ3) is 2.88. The molecular formula is C46H24N4. The lowest BCUT2D eigenvalue weighted by atomic mass is 10.0. The van der Waals surface area contributed by atoms with Crippen LogP contribution in [0.25, 0.3) is 121 Å². The Labute approximate surface area is 284 Å². The molecule has 0 fully saturated rings. The van der Waals surface area contributed by atoms with Gasteiger partial charge >= 0.3 is 0 Å². The minimum absolute atomic E-state index is 0.923. The van der Waals surface area contributed by atoms with E-state index in [0.29, 0.717) is 0 Å². The van der Waals surface area contributed by atoms with Crippen LogP contribution >= 0.6 is 0 Å². The summed E-state index contributed by atoms with van der Waals surface area (Å²) in [6.07, 6.45) is 0. The van der Waals surface area contributed by atoms with Gasteiger partial charge in [0.1, 0.15) is 0 Å². The van der Waals surface area contributed by atoms with Gasteiger partial charge in [-0.1, -0.05) is 91.0 Å². The van der Waals surface area contributed by atoms with Gasteiger partial charge in [-0.15, -0.1) is 0 Å². The van der Waals surface area contributed by atoms with E-state index < -0.39 is 0 Å². The summed E-state index contributed by atoms with van der Waals surface area (Å²) >= 11 is 0. The molecule has 0 radical (unpaired) electrons. The molecule has 228 valence electrons. The van der Waals surface area contributed by atoms with Crippen molar-refractivity contribution < 1.29 is 0 Å². The Morgan fingerprint density at radius 1 is 0.380 bits per heavy atom. The first-order chi connectivity index (χ1) is 24.8.